The smallest absolute Gasteiger partial charge is 0.246 e. The van der Waals surface area contributed by atoms with E-state index in [0.29, 0.717) is 31.9 Å². The van der Waals surface area contributed by atoms with Gasteiger partial charge in [0.15, 0.2) is 0 Å². The van der Waals surface area contributed by atoms with Crippen molar-refractivity contribution >= 4 is 21.6 Å². The predicted octanol–water partition coefficient (Wildman–Crippen LogP) is 1.38. The molecular weight excluding hydrogens is 326 g/mol. The van der Waals surface area contributed by atoms with Crippen molar-refractivity contribution in [2.75, 3.05) is 38.1 Å². The molecule has 1 aromatic carbocycles. The number of carbonyl (C=O) groups is 1. The normalized spacial score (nSPS) is 16.2. The molecule has 0 radical (unpaired) electrons. The van der Waals surface area contributed by atoms with Gasteiger partial charge in [0.05, 0.1) is 5.69 Å². The van der Waals surface area contributed by atoms with Crippen molar-refractivity contribution in [3.8, 4) is 0 Å². The number of benzene rings is 1. The van der Waals surface area contributed by atoms with Crippen LogP contribution in [0.4, 0.5) is 5.69 Å². The Labute approximate surface area is 143 Å². The molecule has 0 bridgehead atoms. The van der Waals surface area contributed by atoms with Crippen LogP contribution in [0.15, 0.2) is 53.5 Å². The van der Waals surface area contributed by atoms with Crippen LogP contribution in [0.5, 0.6) is 0 Å². The van der Waals surface area contributed by atoms with Gasteiger partial charge in [-0.3, -0.25) is 4.79 Å². The third-order valence-corrected chi connectivity index (χ3v) is 5.36. The number of nitrogens with one attached hydrogen (secondary N) is 1. The lowest BCUT2D eigenvalue weighted by atomic mass is 10.2. The van der Waals surface area contributed by atoms with Gasteiger partial charge in [-0.2, -0.15) is 0 Å². The third-order valence-electron chi connectivity index (χ3n) is 3.90. The number of piperazine rings is 1. The molecule has 6 nitrogen and oxygen atoms in total. The highest BCUT2D eigenvalue weighted by Crippen LogP contribution is 2.25. The van der Waals surface area contributed by atoms with Crippen LogP contribution in [-0.4, -0.2) is 52.5 Å². The molecular formula is C17H23N3O3S. The third kappa shape index (κ3) is 4.24. The number of rotatable bonds is 5. The summed E-state index contributed by atoms with van der Waals surface area (Å²) in [6.45, 7) is 4.21. The van der Waals surface area contributed by atoms with Crippen molar-refractivity contribution < 1.29 is 13.2 Å². The van der Waals surface area contributed by atoms with Crippen molar-refractivity contribution in [1.82, 2.24) is 9.62 Å². The molecule has 0 aromatic heterocycles. The van der Waals surface area contributed by atoms with Gasteiger partial charge in [-0.05, 0) is 26.1 Å². The molecule has 1 aliphatic rings. The molecule has 1 aliphatic heterocycles. The van der Waals surface area contributed by atoms with Gasteiger partial charge in [0, 0.05) is 32.3 Å². The summed E-state index contributed by atoms with van der Waals surface area (Å²) in [7, 11) is -2.11. The highest BCUT2D eigenvalue weighted by Gasteiger charge is 2.24. The molecule has 1 aromatic rings. The number of amides is 1. The fraction of sp³-hybridized carbons (Fsp3) is 0.353. The summed E-state index contributed by atoms with van der Waals surface area (Å²) in [6.07, 6.45) is 6.95. The topological polar surface area (TPSA) is 69.7 Å². The molecule has 0 unspecified atom stereocenters. The maximum atomic E-state index is 12.2. The van der Waals surface area contributed by atoms with E-state index in [1.165, 1.54) is 7.05 Å². The number of allylic oxidation sites excluding steroid dienone is 3. The van der Waals surface area contributed by atoms with E-state index in [0.717, 1.165) is 0 Å². The van der Waals surface area contributed by atoms with Gasteiger partial charge >= 0.3 is 0 Å². The number of carbonyl (C=O) groups excluding carboxylic acids is 1. The van der Waals surface area contributed by atoms with Gasteiger partial charge in [0.2, 0.25) is 15.9 Å². The van der Waals surface area contributed by atoms with E-state index in [1.807, 2.05) is 30.0 Å². The number of hydrogen-bond acceptors (Lipinski definition) is 4. The summed E-state index contributed by atoms with van der Waals surface area (Å²) in [5.41, 5.74) is 0.670. The molecule has 1 heterocycles. The summed E-state index contributed by atoms with van der Waals surface area (Å²) in [5, 5.41) is 0. The number of nitrogens with zero attached hydrogens (tertiary/aromatic N) is 2. The minimum atomic E-state index is -3.51. The van der Waals surface area contributed by atoms with Crippen molar-refractivity contribution in [2.45, 2.75) is 11.8 Å². The average molecular weight is 349 g/mol. The second kappa shape index (κ2) is 8.12. The monoisotopic (exact) mass is 349 g/mol. The van der Waals surface area contributed by atoms with E-state index in [4.69, 9.17) is 0 Å². The van der Waals surface area contributed by atoms with Crippen molar-refractivity contribution in [2.24, 2.45) is 0 Å². The van der Waals surface area contributed by atoms with Crippen LogP contribution < -0.4 is 9.62 Å². The lowest BCUT2D eigenvalue weighted by Crippen LogP contribution is -2.48. The predicted molar refractivity (Wildman–Crippen MR) is 95.4 cm³/mol. The second-order valence-corrected chi connectivity index (χ2v) is 7.23. The molecule has 130 valence electrons. The summed E-state index contributed by atoms with van der Waals surface area (Å²) < 4.78 is 26.7. The molecule has 1 fully saturated rings. The van der Waals surface area contributed by atoms with Crippen LogP contribution in [0.3, 0.4) is 0 Å². The van der Waals surface area contributed by atoms with E-state index in [9.17, 15) is 13.2 Å². The van der Waals surface area contributed by atoms with Crippen LogP contribution in [0.2, 0.25) is 0 Å². The van der Waals surface area contributed by atoms with Gasteiger partial charge in [0.25, 0.3) is 0 Å². The van der Waals surface area contributed by atoms with Crippen LogP contribution in [0, 0.1) is 0 Å². The Balaban J connectivity index is 2.10. The largest absolute Gasteiger partial charge is 0.367 e. The summed E-state index contributed by atoms with van der Waals surface area (Å²) in [4.78, 5) is 16.1. The standard InChI is InChI=1S/C17H23N3O3S/c1-3-4-5-10-17(21)20-13-11-19(12-14-20)15-8-6-7-9-16(15)24(22,23)18-2/h3-10,18H,11-14H2,1-2H3/b4-3+,10-5-. The van der Waals surface area contributed by atoms with Gasteiger partial charge in [0.1, 0.15) is 4.90 Å². The molecule has 0 saturated carbocycles. The zero-order chi connectivity index (χ0) is 17.6. The molecule has 0 atom stereocenters. The van der Waals surface area contributed by atoms with Crippen LogP contribution in [-0.2, 0) is 14.8 Å². The molecule has 1 amide bonds. The zero-order valence-electron chi connectivity index (χ0n) is 14.0. The Hall–Kier alpha value is -2.12. The molecule has 24 heavy (non-hydrogen) atoms. The molecule has 1 saturated heterocycles. The first-order chi connectivity index (χ1) is 11.5. The zero-order valence-corrected chi connectivity index (χ0v) is 14.8. The number of para-hydroxylation sites is 1. The van der Waals surface area contributed by atoms with Gasteiger partial charge in [-0.1, -0.05) is 30.4 Å². The summed E-state index contributed by atoms with van der Waals surface area (Å²) >= 11 is 0. The minimum Gasteiger partial charge on any atom is -0.367 e. The molecule has 0 aliphatic carbocycles. The fourth-order valence-corrected chi connectivity index (χ4v) is 3.53. The number of hydrogen-bond donors (Lipinski definition) is 1. The fourth-order valence-electron chi connectivity index (χ4n) is 2.58. The Kier molecular flexibility index (Phi) is 6.16. The van der Waals surface area contributed by atoms with E-state index in [1.54, 1.807) is 35.3 Å². The lowest BCUT2D eigenvalue weighted by molar-refractivity contribution is -0.126. The quantitative estimate of drug-likeness (QED) is 0.644. The maximum absolute atomic E-state index is 12.2. The maximum Gasteiger partial charge on any atom is 0.246 e. The SMILES string of the molecule is C/C=C/C=C\C(=O)N1CCN(c2ccccc2S(=O)(=O)NC)CC1. The van der Waals surface area contributed by atoms with E-state index >= 15 is 0 Å². The van der Waals surface area contributed by atoms with E-state index in [-0.39, 0.29) is 10.8 Å². The summed E-state index contributed by atoms with van der Waals surface area (Å²) in [6, 6.07) is 6.92. The van der Waals surface area contributed by atoms with Crippen molar-refractivity contribution in [3.63, 3.8) is 0 Å². The lowest BCUT2D eigenvalue weighted by Gasteiger charge is -2.36. The first-order valence-corrected chi connectivity index (χ1v) is 9.33. The van der Waals surface area contributed by atoms with E-state index in [2.05, 4.69) is 4.72 Å². The molecule has 0 spiro atoms. The van der Waals surface area contributed by atoms with Crippen molar-refractivity contribution in [3.05, 3.63) is 48.6 Å². The van der Waals surface area contributed by atoms with Crippen LogP contribution in [0.25, 0.3) is 0 Å². The Morgan fingerprint density at radius 2 is 1.79 bits per heavy atom. The second-order valence-electron chi connectivity index (χ2n) is 5.37. The Morgan fingerprint density at radius 3 is 2.42 bits per heavy atom. The molecule has 2 rings (SSSR count). The number of sulfonamides is 1. The van der Waals surface area contributed by atoms with Gasteiger partial charge in [-0.25, -0.2) is 13.1 Å². The van der Waals surface area contributed by atoms with Gasteiger partial charge in [-0.15, -0.1) is 0 Å². The highest BCUT2D eigenvalue weighted by atomic mass is 32.2. The molecule has 1 N–H and O–H groups in total. The Bertz CT molecular complexity index is 733. The average Bonchev–Trinajstić information content (AvgIpc) is 2.62. The number of anilines is 1. The van der Waals surface area contributed by atoms with E-state index < -0.39 is 10.0 Å². The minimum absolute atomic E-state index is 0.0242. The first kappa shape index (κ1) is 18.2. The van der Waals surface area contributed by atoms with Crippen molar-refractivity contribution in [1.29, 1.82) is 0 Å². The van der Waals surface area contributed by atoms with Crippen LogP contribution in [0.1, 0.15) is 6.92 Å². The summed E-state index contributed by atoms with van der Waals surface area (Å²) in [5.74, 6) is -0.0242. The highest BCUT2D eigenvalue weighted by molar-refractivity contribution is 7.89. The van der Waals surface area contributed by atoms with Crippen LogP contribution >= 0.6 is 0 Å². The van der Waals surface area contributed by atoms with Gasteiger partial charge < -0.3 is 9.80 Å². The molecule has 7 heteroatoms. The first-order valence-electron chi connectivity index (χ1n) is 7.85. The Morgan fingerprint density at radius 1 is 1.12 bits per heavy atom.